The van der Waals surface area contributed by atoms with Crippen LogP contribution in [0, 0.1) is 0 Å². The van der Waals surface area contributed by atoms with Crippen LogP contribution in [0.2, 0.25) is 0 Å². The van der Waals surface area contributed by atoms with E-state index in [2.05, 4.69) is 20.7 Å². The smallest absolute Gasteiger partial charge is 0.337 e. The molecule has 17 heavy (non-hydrogen) atoms. The van der Waals surface area contributed by atoms with Crippen LogP contribution < -0.4 is 0 Å². The molecule has 1 aromatic rings. The van der Waals surface area contributed by atoms with Gasteiger partial charge in [0.05, 0.1) is 12.7 Å². The first-order valence-electron chi connectivity index (χ1n) is 5.00. The number of alkyl halides is 2. The average Bonchev–Trinajstić information content (AvgIpc) is 2.37. The van der Waals surface area contributed by atoms with Crippen LogP contribution in [0.1, 0.15) is 32.7 Å². The van der Waals surface area contributed by atoms with Crippen LogP contribution in [0.5, 0.6) is 0 Å². The van der Waals surface area contributed by atoms with Gasteiger partial charge in [0, 0.05) is 23.2 Å². The standard InChI is InChI=1S/C12H12BrClO3/c1-17-12(16)8-2-3-10(9(6-8)7-13)11(15)4-5-14/h2-3,6H,4-5,7H2,1H3. The minimum absolute atomic E-state index is 0.0223. The van der Waals surface area contributed by atoms with E-state index >= 15 is 0 Å². The third-order valence-corrected chi connectivity index (χ3v) is 3.09. The van der Waals surface area contributed by atoms with Crippen molar-refractivity contribution in [1.82, 2.24) is 0 Å². The summed E-state index contributed by atoms with van der Waals surface area (Å²) in [6, 6.07) is 4.87. The number of Topliss-reactive ketones (excluding diaryl/α,β-unsaturated/α-hetero) is 1. The Morgan fingerprint density at radius 1 is 1.41 bits per heavy atom. The second-order valence-electron chi connectivity index (χ2n) is 3.36. The topological polar surface area (TPSA) is 43.4 Å². The van der Waals surface area contributed by atoms with Gasteiger partial charge in [-0.2, -0.15) is 0 Å². The number of ketones is 1. The van der Waals surface area contributed by atoms with Gasteiger partial charge in [0.15, 0.2) is 5.78 Å². The third-order valence-electron chi connectivity index (χ3n) is 2.29. The van der Waals surface area contributed by atoms with Gasteiger partial charge in [-0.15, -0.1) is 11.6 Å². The van der Waals surface area contributed by atoms with Gasteiger partial charge in [-0.1, -0.05) is 22.0 Å². The SMILES string of the molecule is COC(=O)c1ccc(C(=O)CCCl)c(CBr)c1. The predicted molar refractivity (Wildman–Crippen MR) is 70.1 cm³/mol. The van der Waals surface area contributed by atoms with Crippen molar-refractivity contribution in [3.8, 4) is 0 Å². The highest BCUT2D eigenvalue weighted by molar-refractivity contribution is 9.08. The van der Waals surface area contributed by atoms with E-state index in [-0.39, 0.29) is 5.78 Å². The zero-order chi connectivity index (χ0) is 12.8. The highest BCUT2D eigenvalue weighted by Gasteiger charge is 2.13. The fourth-order valence-electron chi connectivity index (χ4n) is 1.44. The van der Waals surface area contributed by atoms with E-state index in [1.807, 2.05) is 0 Å². The summed E-state index contributed by atoms with van der Waals surface area (Å²) in [5.41, 5.74) is 1.79. The van der Waals surface area contributed by atoms with E-state index in [9.17, 15) is 9.59 Å². The molecule has 3 nitrogen and oxygen atoms in total. The Morgan fingerprint density at radius 3 is 2.65 bits per heavy atom. The Hall–Kier alpha value is -0.870. The summed E-state index contributed by atoms with van der Waals surface area (Å²) in [7, 11) is 1.32. The molecule has 0 bridgehead atoms. The third kappa shape index (κ3) is 3.54. The largest absolute Gasteiger partial charge is 0.465 e. The van der Waals surface area contributed by atoms with Crippen molar-refractivity contribution in [2.24, 2.45) is 0 Å². The maximum atomic E-state index is 11.8. The number of halogens is 2. The van der Waals surface area contributed by atoms with Gasteiger partial charge in [0.2, 0.25) is 0 Å². The number of ether oxygens (including phenoxy) is 1. The Bertz CT molecular complexity index is 432. The van der Waals surface area contributed by atoms with Crippen LogP contribution in [-0.4, -0.2) is 24.7 Å². The molecule has 1 rings (SSSR count). The Balaban J connectivity index is 3.09. The van der Waals surface area contributed by atoms with Crippen molar-refractivity contribution in [2.75, 3.05) is 13.0 Å². The molecule has 0 radical (unpaired) electrons. The van der Waals surface area contributed by atoms with Crippen molar-refractivity contribution < 1.29 is 14.3 Å². The molecule has 5 heteroatoms. The summed E-state index contributed by atoms with van der Waals surface area (Å²) in [6.45, 7) is 0. The molecule has 0 aliphatic heterocycles. The van der Waals surface area contributed by atoms with Gasteiger partial charge in [-0.05, 0) is 17.7 Å². The quantitative estimate of drug-likeness (QED) is 0.475. The van der Waals surface area contributed by atoms with E-state index in [1.54, 1.807) is 18.2 Å². The molecule has 0 amide bonds. The Kier molecular flexibility index (Phi) is 5.65. The summed E-state index contributed by atoms with van der Waals surface area (Å²) < 4.78 is 4.62. The number of rotatable bonds is 5. The lowest BCUT2D eigenvalue weighted by Gasteiger charge is -2.07. The van der Waals surface area contributed by atoms with Gasteiger partial charge < -0.3 is 4.74 Å². The lowest BCUT2D eigenvalue weighted by Crippen LogP contribution is -2.07. The van der Waals surface area contributed by atoms with Crippen LogP contribution in [0.25, 0.3) is 0 Å². The van der Waals surface area contributed by atoms with E-state index in [0.717, 1.165) is 5.56 Å². The van der Waals surface area contributed by atoms with Crippen molar-refractivity contribution >= 4 is 39.3 Å². The first-order valence-corrected chi connectivity index (χ1v) is 6.66. The lowest BCUT2D eigenvalue weighted by atomic mass is 10.0. The number of carbonyl (C=O) groups is 2. The van der Waals surface area contributed by atoms with Crippen LogP contribution in [0.3, 0.4) is 0 Å². The van der Waals surface area contributed by atoms with Crippen LogP contribution in [0.4, 0.5) is 0 Å². The zero-order valence-corrected chi connectivity index (χ0v) is 11.7. The van der Waals surface area contributed by atoms with Gasteiger partial charge in [-0.3, -0.25) is 4.79 Å². The monoisotopic (exact) mass is 318 g/mol. The lowest BCUT2D eigenvalue weighted by molar-refractivity contribution is 0.0600. The van der Waals surface area contributed by atoms with Gasteiger partial charge >= 0.3 is 5.97 Å². The second-order valence-corrected chi connectivity index (χ2v) is 4.30. The molecule has 0 spiro atoms. The molecule has 0 heterocycles. The minimum atomic E-state index is -0.413. The van der Waals surface area contributed by atoms with E-state index in [1.165, 1.54) is 7.11 Å². The summed E-state index contributed by atoms with van der Waals surface area (Å²) in [6.07, 6.45) is 0.291. The van der Waals surface area contributed by atoms with E-state index < -0.39 is 5.97 Å². The molecular formula is C12H12BrClO3. The fraction of sp³-hybridized carbons (Fsp3) is 0.333. The molecule has 0 aromatic heterocycles. The molecular weight excluding hydrogens is 307 g/mol. The summed E-state index contributed by atoms with van der Waals surface area (Å²) in [4.78, 5) is 23.1. The molecule has 1 aromatic carbocycles. The molecule has 0 N–H and O–H groups in total. The number of hydrogen-bond donors (Lipinski definition) is 0. The van der Waals surface area contributed by atoms with Gasteiger partial charge in [-0.25, -0.2) is 4.79 Å². The number of esters is 1. The number of benzene rings is 1. The van der Waals surface area contributed by atoms with Crippen LogP contribution >= 0.6 is 27.5 Å². The molecule has 0 aliphatic carbocycles. The highest BCUT2D eigenvalue weighted by atomic mass is 79.9. The number of carbonyl (C=O) groups excluding carboxylic acids is 2. The van der Waals surface area contributed by atoms with Crippen LogP contribution in [-0.2, 0) is 10.1 Å². The zero-order valence-electron chi connectivity index (χ0n) is 9.33. The molecule has 92 valence electrons. The fourth-order valence-corrected chi connectivity index (χ4v) is 2.08. The number of hydrogen-bond acceptors (Lipinski definition) is 3. The first-order chi connectivity index (χ1) is 8.13. The van der Waals surface area contributed by atoms with E-state index in [0.29, 0.717) is 28.8 Å². The molecule has 0 aliphatic rings. The number of methoxy groups -OCH3 is 1. The maximum absolute atomic E-state index is 11.8. The highest BCUT2D eigenvalue weighted by Crippen LogP contribution is 2.18. The maximum Gasteiger partial charge on any atom is 0.337 e. The van der Waals surface area contributed by atoms with E-state index in [4.69, 9.17) is 11.6 Å². The molecule has 0 unspecified atom stereocenters. The second kappa shape index (κ2) is 6.77. The molecule has 0 atom stereocenters. The van der Waals surface area contributed by atoms with Gasteiger partial charge in [0.25, 0.3) is 0 Å². The Morgan fingerprint density at radius 2 is 2.12 bits per heavy atom. The normalized spacial score (nSPS) is 10.1. The van der Waals surface area contributed by atoms with Crippen molar-refractivity contribution in [2.45, 2.75) is 11.8 Å². The molecule has 0 saturated heterocycles. The average molecular weight is 320 g/mol. The van der Waals surface area contributed by atoms with Crippen LogP contribution in [0.15, 0.2) is 18.2 Å². The predicted octanol–water partition coefficient (Wildman–Crippen LogP) is 3.18. The minimum Gasteiger partial charge on any atom is -0.465 e. The van der Waals surface area contributed by atoms with Gasteiger partial charge in [0.1, 0.15) is 0 Å². The van der Waals surface area contributed by atoms with Crippen molar-refractivity contribution in [3.05, 3.63) is 34.9 Å². The summed E-state index contributed by atoms with van der Waals surface area (Å²) in [5, 5.41) is 0.501. The molecule has 0 saturated carbocycles. The summed E-state index contributed by atoms with van der Waals surface area (Å²) >= 11 is 8.83. The first kappa shape index (κ1) is 14.2. The molecule has 0 fully saturated rings. The summed E-state index contributed by atoms with van der Waals surface area (Å²) in [5.74, 6) is -0.145. The Labute approximate surface area is 113 Å². The van der Waals surface area contributed by atoms with Crippen molar-refractivity contribution in [1.29, 1.82) is 0 Å². The van der Waals surface area contributed by atoms with Crippen molar-refractivity contribution in [3.63, 3.8) is 0 Å².